The summed E-state index contributed by atoms with van der Waals surface area (Å²) in [6, 6.07) is 48.4. The van der Waals surface area contributed by atoms with E-state index < -0.39 is 0 Å². The van der Waals surface area contributed by atoms with Crippen molar-refractivity contribution in [3.05, 3.63) is 157 Å². The van der Waals surface area contributed by atoms with Gasteiger partial charge in [0.15, 0.2) is 0 Å². The molecule has 0 spiro atoms. The molecule has 6 aromatic rings. The van der Waals surface area contributed by atoms with Gasteiger partial charge in [0, 0.05) is 22.7 Å². The van der Waals surface area contributed by atoms with Gasteiger partial charge in [-0.05, 0) is 109 Å². The molecule has 0 aliphatic rings. The molecule has 0 saturated carbocycles. The van der Waals surface area contributed by atoms with E-state index in [1.54, 1.807) is 12.1 Å². The second-order valence-electron chi connectivity index (χ2n) is 10.4. The summed E-state index contributed by atoms with van der Waals surface area (Å²) in [7, 11) is 0. The van der Waals surface area contributed by atoms with E-state index in [-0.39, 0.29) is 11.5 Å². The second-order valence-corrected chi connectivity index (χ2v) is 10.4. The Labute approximate surface area is 247 Å². The van der Waals surface area contributed by atoms with Gasteiger partial charge in [-0.1, -0.05) is 72.8 Å². The van der Waals surface area contributed by atoms with E-state index in [0.717, 1.165) is 56.4 Å². The summed E-state index contributed by atoms with van der Waals surface area (Å²) >= 11 is 0. The smallest absolute Gasteiger partial charge is 0.139 e. The van der Waals surface area contributed by atoms with E-state index in [1.807, 2.05) is 98.8 Å². The quantitative estimate of drug-likeness (QED) is 0.208. The van der Waals surface area contributed by atoms with E-state index in [1.165, 1.54) is 0 Å². The third-order valence-corrected chi connectivity index (χ3v) is 7.36. The summed E-state index contributed by atoms with van der Waals surface area (Å²) in [6.45, 7) is 3.94. The van der Waals surface area contributed by atoms with Crippen LogP contribution >= 0.6 is 0 Å². The van der Waals surface area contributed by atoms with Crippen molar-refractivity contribution < 1.29 is 10.2 Å². The molecule has 0 aliphatic heterocycles. The van der Waals surface area contributed by atoms with Crippen LogP contribution in [0, 0.1) is 13.8 Å². The normalized spacial score (nSPS) is 10.8. The number of para-hydroxylation sites is 2. The van der Waals surface area contributed by atoms with E-state index in [9.17, 15) is 10.2 Å². The fraction of sp³-hybridized carbons (Fsp3) is 0.0526. The number of benzene rings is 6. The lowest BCUT2D eigenvalue weighted by atomic mass is 10.0. The molecule has 6 aromatic carbocycles. The second kappa shape index (κ2) is 11.6. The van der Waals surface area contributed by atoms with Crippen LogP contribution in [0.4, 0.5) is 34.1 Å². The Morgan fingerprint density at radius 3 is 1.05 bits per heavy atom. The highest BCUT2D eigenvalue weighted by Crippen LogP contribution is 2.42. The molecule has 0 radical (unpaired) electrons. The Bertz CT molecular complexity index is 1660. The first-order valence-electron chi connectivity index (χ1n) is 14.0. The van der Waals surface area contributed by atoms with Crippen LogP contribution in [0.25, 0.3) is 11.1 Å². The van der Waals surface area contributed by atoms with Crippen molar-refractivity contribution in [1.29, 1.82) is 0 Å². The molecule has 0 heterocycles. The zero-order valence-corrected chi connectivity index (χ0v) is 23.6. The molecule has 6 rings (SSSR count). The summed E-state index contributed by atoms with van der Waals surface area (Å²) in [6.07, 6.45) is 0. The SMILES string of the molecule is Cc1ccc(N(c2ccccc2)c2ccc(-c3ccc(N(c4ccccc4)c4ccc(C)cc4O)cc3)cc2)c(O)c1. The molecular weight excluding hydrogens is 516 g/mol. The molecule has 0 amide bonds. The lowest BCUT2D eigenvalue weighted by Gasteiger charge is -2.27. The highest BCUT2D eigenvalue weighted by atomic mass is 16.3. The van der Waals surface area contributed by atoms with Crippen LogP contribution in [-0.4, -0.2) is 10.2 Å². The van der Waals surface area contributed by atoms with E-state index >= 15 is 0 Å². The van der Waals surface area contributed by atoms with E-state index in [0.29, 0.717) is 0 Å². The first kappa shape index (κ1) is 26.7. The molecule has 42 heavy (non-hydrogen) atoms. The monoisotopic (exact) mass is 548 g/mol. The summed E-state index contributed by atoms with van der Waals surface area (Å²) < 4.78 is 0. The molecule has 0 aromatic heterocycles. The van der Waals surface area contributed by atoms with Crippen LogP contribution in [0.2, 0.25) is 0 Å². The maximum Gasteiger partial charge on any atom is 0.139 e. The molecule has 4 nitrogen and oxygen atoms in total. The number of aryl methyl sites for hydroxylation is 2. The van der Waals surface area contributed by atoms with Gasteiger partial charge in [0.2, 0.25) is 0 Å². The van der Waals surface area contributed by atoms with Gasteiger partial charge < -0.3 is 20.0 Å². The van der Waals surface area contributed by atoms with Gasteiger partial charge in [-0.3, -0.25) is 0 Å². The maximum atomic E-state index is 10.8. The number of nitrogens with zero attached hydrogens (tertiary/aromatic N) is 2. The number of anilines is 6. The van der Waals surface area contributed by atoms with Crippen LogP contribution in [0.1, 0.15) is 11.1 Å². The first-order chi connectivity index (χ1) is 20.5. The van der Waals surface area contributed by atoms with Gasteiger partial charge in [-0.25, -0.2) is 0 Å². The van der Waals surface area contributed by atoms with Crippen molar-refractivity contribution >= 4 is 34.1 Å². The molecule has 0 saturated heterocycles. The Balaban J connectivity index is 1.34. The number of aromatic hydroxyl groups is 2. The molecule has 0 bridgehead atoms. The lowest BCUT2D eigenvalue weighted by molar-refractivity contribution is 0.475. The van der Waals surface area contributed by atoms with E-state index in [2.05, 4.69) is 58.3 Å². The van der Waals surface area contributed by atoms with Crippen LogP contribution in [0.3, 0.4) is 0 Å². The topological polar surface area (TPSA) is 46.9 Å². The number of phenols is 2. The average Bonchev–Trinajstić information content (AvgIpc) is 3.01. The molecule has 4 heteroatoms. The molecule has 0 aliphatic carbocycles. The van der Waals surface area contributed by atoms with Crippen molar-refractivity contribution in [2.24, 2.45) is 0 Å². The van der Waals surface area contributed by atoms with Crippen LogP contribution in [0.15, 0.2) is 146 Å². The number of rotatable bonds is 7. The minimum Gasteiger partial charge on any atom is -0.506 e. The van der Waals surface area contributed by atoms with Gasteiger partial charge >= 0.3 is 0 Å². The van der Waals surface area contributed by atoms with Gasteiger partial charge in [-0.15, -0.1) is 0 Å². The summed E-state index contributed by atoms with van der Waals surface area (Å²) in [5.41, 5.74) is 9.46. The standard InChI is InChI=1S/C38H32N2O2/c1-27-13-23-35(37(41)25-27)39(31-9-5-3-6-10-31)33-19-15-29(16-20-33)30-17-21-34(22-18-30)40(32-11-7-4-8-12-32)36-24-14-28(2)26-38(36)42/h3-26,41-42H,1-2H3. The highest BCUT2D eigenvalue weighted by molar-refractivity contribution is 5.83. The van der Waals surface area contributed by atoms with Gasteiger partial charge in [0.25, 0.3) is 0 Å². The molecule has 0 fully saturated rings. The lowest BCUT2D eigenvalue weighted by Crippen LogP contribution is -2.10. The van der Waals surface area contributed by atoms with Crippen molar-refractivity contribution in [3.8, 4) is 22.6 Å². The van der Waals surface area contributed by atoms with Gasteiger partial charge in [0.05, 0.1) is 11.4 Å². The number of hydrogen-bond acceptors (Lipinski definition) is 4. The van der Waals surface area contributed by atoms with Gasteiger partial charge in [0.1, 0.15) is 11.5 Å². The molecule has 0 unspecified atom stereocenters. The molecule has 206 valence electrons. The van der Waals surface area contributed by atoms with Crippen molar-refractivity contribution in [3.63, 3.8) is 0 Å². The zero-order chi connectivity index (χ0) is 29.1. The van der Waals surface area contributed by atoms with Crippen molar-refractivity contribution in [2.75, 3.05) is 9.80 Å². The third kappa shape index (κ3) is 5.43. The van der Waals surface area contributed by atoms with Crippen molar-refractivity contribution in [2.45, 2.75) is 13.8 Å². The Morgan fingerprint density at radius 1 is 0.381 bits per heavy atom. The van der Waals surface area contributed by atoms with Crippen LogP contribution < -0.4 is 9.80 Å². The highest BCUT2D eigenvalue weighted by Gasteiger charge is 2.18. The maximum absolute atomic E-state index is 10.8. The minimum absolute atomic E-state index is 0.237. The Kier molecular flexibility index (Phi) is 7.35. The molecule has 2 N–H and O–H groups in total. The Hall–Kier alpha value is -5.48. The zero-order valence-electron chi connectivity index (χ0n) is 23.6. The minimum atomic E-state index is 0.237. The van der Waals surface area contributed by atoms with Crippen molar-refractivity contribution in [1.82, 2.24) is 0 Å². The summed E-state index contributed by atoms with van der Waals surface area (Å²) in [4.78, 5) is 4.13. The predicted molar refractivity (Wildman–Crippen MR) is 174 cm³/mol. The molecular formula is C38H32N2O2. The first-order valence-corrected chi connectivity index (χ1v) is 14.0. The predicted octanol–water partition coefficient (Wildman–Crippen LogP) is 10.3. The fourth-order valence-electron chi connectivity index (χ4n) is 5.26. The summed E-state index contributed by atoms with van der Waals surface area (Å²) in [5.74, 6) is 0.474. The number of hydrogen-bond donors (Lipinski definition) is 2. The van der Waals surface area contributed by atoms with Gasteiger partial charge in [-0.2, -0.15) is 0 Å². The fourth-order valence-corrected chi connectivity index (χ4v) is 5.26. The van der Waals surface area contributed by atoms with E-state index in [4.69, 9.17) is 0 Å². The largest absolute Gasteiger partial charge is 0.506 e. The number of phenolic OH excluding ortho intramolecular Hbond substituents is 2. The average molecular weight is 549 g/mol. The summed E-state index contributed by atoms with van der Waals surface area (Å²) in [5, 5.41) is 21.6. The Morgan fingerprint density at radius 2 is 0.714 bits per heavy atom. The third-order valence-electron chi connectivity index (χ3n) is 7.36. The van der Waals surface area contributed by atoms with Crippen LogP contribution in [-0.2, 0) is 0 Å². The molecule has 0 atom stereocenters. The van der Waals surface area contributed by atoms with Crippen LogP contribution in [0.5, 0.6) is 11.5 Å².